The number of aliphatic hydroxyl groups excluding tert-OH is 1. The lowest BCUT2D eigenvalue weighted by atomic mass is 9.99. The summed E-state index contributed by atoms with van der Waals surface area (Å²) in [7, 11) is 1.23. The first-order valence-electron chi connectivity index (χ1n) is 8.29. The van der Waals surface area contributed by atoms with E-state index < -0.39 is 11.9 Å². The average Bonchev–Trinajstić information content (AvgIpc) is 3.00. The monoisotopic (exact) mass is 362 g/mol. The maximum atomic E-state index is 12.6. The number of benzene rings is 2. The lowest BCUT2D eigenvalue weighted by Crippen LogP contribution is -2.16. The van der Waals surface area contributed by atoms with Crippen molar-refractivity contribution >= 4 is 23.4 Å². The van der Waals surface area contributed by atoms with Gasteiger partial charge in [0.1, 0.15) is 11.3 Å². The van der Waals surface area contributed by atoms with Crippen LogP contribution < -0.4 is 0 Å². The van der Waals surface area contributed by atoms with Gasteiger partial charge in [-0.1, -0.05) is 42.0 Å². The molecule has 27 heavy (non-hydrogen) atoms. The van der Waals surface area contributed by atoms with Crippen LogP contribution in [0.15, 0.2) is 69.8 Å². The fourth-order valence-corrected chi connectivity index (χ4v) is 2.84. The number of aliphatic imine (C=N–C) groups is 2. The molecule has 1 aliphatic rings. The van der Waals surface area contributed by atoms with Gasteiger partial charge in [-0.15, -0.1) is 0 Å². The molecule has 0 unspecified atom stereocenters. The van der Waals surface area contributed by atoms with Crippen LogP contribution in [-0.4, -0.2) is 35.6 Å². The van der Waals surface area contributed by atoms with Crippen molar-refractivity contribution in [3.8, 4) is 0 Å². The minimum Gasteiger partial charge on any atom is -0.512 e. The van der Waals surface area contributed by atoms with Crippen LogP contribution in [-0.2, 0) is 9.53 Å². The highest BCUT2D eigenvalue weighted by Gasteiger charge is 2.30. The maximum Gasteiger partial charge on any atom is 0.343 e. The van der Waals surface area contributed by atoms with Crippen LogP contribution in [0.25, 0.3) is 0 Å². The predicted molar refractivity (Wildman–Crippen MR) is 102 cm³/mol. The van der Waals surface area contributed by atoms with E-state index in [0.29, 0.717) is 16.7 Å². The molecule has 1 amide bonds. The minimum atomic E-state index is -0.713. The van der Waals surface area contributed by atoms with E-state index in [0.717, 1.165) is 5.56 Å². The summed E-state index contributed by atoms with van der Waals surface area (Å²) >= 11 is 0. The number of hydrogen-bond donors (Lipinski definition) is 1. The van der Waals surface area contributed by atoms with Crippen molar-refractivity contribution in [2.45, 2.75) is 13.8 Å². The van der Waals surface area contributed by atoms with Gasteiger partial charge in [-0.25, -0.2) is 9.79 Å². The van der Waals surface area contributed by atoms with Gasteiger partial charge in [-0.05, 0) is 26.0 Å². The number of methoxy groups -OCH3 is 1. The molecule has 0 bridgehead atoms. The number of carbonyl (C=O) groups is 2. The van der Waals surface area contributed by atoms with E-state index in [9.17, 15) is 14.7 Å². The Morgan fingerprint density at radius 3 is 2.41 bits per heavy atom. The molecular weight excluding hydrogens is 344 g/mol. The Morgan fingerprint density at radius 2 is 1.78 bits per heavy atom. The second-order valence-electron chi connectivity index (χ2n) is 6.07. The van der Waals surface area contributed by atoms with Gasteiger partial charge in [0.2, 0.25) is 0 Å². The molecule has 136 valence electrons. The van der Waals surface area contributed by atoms with E-state index >= 15 is 0 Å². The van der Waals surface area contributed by atoms with Crippen LogP contribution in [0.1, 0.15) is 34.0 Å². The predicted octanol–water partition coefficient (Wildman–Crippen LogP) is 3.39. The van der Waals surface area contributed by atoms with Crippen LogP contribution in [0, 0.1) is 6.92 Å². The third-order valence-electron chi connectivity index (χ3n) is 4.10. The van der Waals surface area contributed by atoms with Crippen molar-refractivity contribution in [1.29, 1.82) is 0 Å². The molecule has 2 aromatic rings. The van der Waals surface area contributed by atoms with Crippen molar-refractivity contribution in [1.82, 2.24) is 0 Å². The summed E-state index contributed by atoms with van der Waals surface area (Å²) in [4.78, 5) is 33.2. The zero-order valence-electron chi connectivity index (χ0n) is 15.2. The first-order chi connectivity index (χ1) is 12.9. The molecule has 2 aromatic carbocycles. The summed E-state index contributed by atoms with van der Waals surface area (Å²) in [5.41, 5.74) is 2.78. The highest BCUT2D eigenvalue weighted by Crippen LogP contribution is 2.25. The summed E-state index contributed by atoms with van der Waals surface area (Å²) in [6.07, 6.45) is 0. The molecule has 6 nitrogen and oxygen atoms in total. The van der Waals surface area contributed by atoms with E-state index in [4.69, 9.17) is 4.74 Å². The molecule has 0 aromatic heterocycles. The molecule has 0 atom stereocenters. The lowest BCUT2D eigenvalue weighted by Gasteiger charge is -2.07. The average molecular weight is 362 g/mol. The summed E-state index contributed by atoms with van der Waals surface area (Å²) in [6.45, 7) is 3.27. The second kappa shape index (κ2) is 7.37. The smallest absolute Gasteiger partial charge is 0.343 e. The number of aliphatic hydroxyl groups is 1. The Labute approximate surface area is 156 Å². The molecule has 0 saturated carbocycles. The van der Waals surface area contributed by atoms with Crippen molar-refractivity contribution in [3.63, 3.8) is 0 Å². The van der Waals surface area contributed by atoms with Crippen molar-refractivity contribution in [2.75, 3.05) is 7.11 Å². The number of aryl methyl sites for hydroxylation is 1. The summed E-state index contributed by atoms with van der Waals surface area (Å²) in [6, 6.07) is 14.2. The minimum absolute atomic E-state index is 0.0573. The van der Waals surface area contributed by atoms with Gasteiger partial charge in [-0.2, -0.15) is 4.99 Å². The standard InChI is InChI=1S/C21H18N2O4/c1-12-7-6-8-14(11-12)20(25)23-19-16-10-5-4-9-15(16)18(22-19)17(13(2)24)21(26)27-3/h4-11,24H,1-3H3/b17-13+,23-19?. The molecule has 0 fully saturated rings. The fraction of sp³-hybridized carbons (Fsp3) is 0.143. The van der Waals surface area contributed by atoms with Crippen LogP contribution >= 0.6 is 0 Å². The van der Waals surface area contributed by atoms with Gasteiger partial charge >= 0.3 is 5.97 Å². The molecule has 0 aliphatic carbocycles. The van der Waals surface area contributed by atoms with E-state index in [-0.39, 0.29) is 22.9 Å². The Bertz CT molecular complexity index is 1030. The van der Waals surface area contributed by atoms with Crippen molar-refractivity contribution in [2.24, 2.45) is 9.98 Å². The second-order valence-corrected chi connectivity index (χ2v) is 6.07. The summed E-state index contributed by atoms with van der Waals surface area (Å²) < 4.78 is 4.76. The van der Waals surface area contributed by atoms with Gasteiger partial charge < -0.3 is 9.84 Å². The molecule has 1 N–H and O–H groups in total. The van der Waals surface area contributed by atoms with Crippen molar-refractivity contribution < 1.29 is 19.4 Å². The number of esters is 1. The quantitative estimate of drug-likeness (QED) is 0.515. The third kappa shape index (κ3) is 3.55. The van der Waals surface area contributed by atoms with Gasteiger partial charge in [0.05, 0.1) is 12.8 Å². The van der Waals surface area contributed by atoms with E-state index in [1.165, 1.54) is 14.0 Å². The summed E-state index contributed by atoms with van der Waals surface area (Å²) in [5.74, 6) is -1.18. The number of rotatable bonds is 3. The zero-order chi connectivity index (χ0) is 19.6. The van der Waals surface area contributed by atoms with E-state index in [2.05, 4.69) is 9.98 Å². The number of allylic oxidation sites excluding steroid dienone is 1. The largest absolute Gasteiger partial charge is 0.512 e. The molecule has 0 saturated heterocycles. The SMILES string of the molecule is COC(=O)/C(C1=NC(=NC(=O)c2cccc(C)c2)c2ccccc21)=C(\C)O. The van der Waals surface area contributed by atoms with Gasteiger partial charge in [0.15, 0.2) is 5.84 Å². The van der Waals surface area contributed by atoms with Gasteiger partial charge in [-0.3, -0.25) is 4.79 Å². The van der Waals surface area contributed by atoms with Gasteiger partial charge in [0.25, 0.3) is 5.91 Å². The summed E-state index contributed by atoms with van der Waals surface area (Å²) in [5, 5.41) is 9.97. The number of ether oxygens (including phenoxy) is 1. The van der Waals surface area contributed by atoms with E-state index in [1.807, 2.05) is 13.0 Å². The number of nitrogens with zero attached hydrogens (tertiary/aromatic N) is 2. The topological polar surface area (TPSA) is 88.3 Å². The first-order valence-corrected chi connectivity index (χ1v) is 8.29. The first kappa shape index (κ1) is 18.3. The van der Waals surface area contributed by atoms with Gasteiger partial charge in [0, 0.05) is 16.7 Å². The Morgan fingerprint density at radius 1 is 1.07 bits per heavy atom. The van der Waals surface area contributed by atoms with Crippen LogP contribution in [0.4, 0.5) is 0 Å². The lowest BCUT2D eigenvalue weighted by molar-refractivity contribution is -0.135. The fourth-order valence-electron chi connectivity index (χ4n) is 2.84. The maximum absolute atomic E-state index is 12.6. The van der Waals surface area contributed by atoms with Crippen LogP contribution in [0.5, 0.6) is 0 Å². The van der Waals surface area contributed by atoms with E-state index in [1.54, 1.807) is 42.5 Å². The number of amidine groups is 1. The van der Waals surface area contributed by atoms with Crippen LogP contribution in [0.2, 0.25) is 0 Å². The highest BCUT2D eigenvalue weighted by atomic mass is 16.5. The number of fused-ring (bicyclic) bond motifs is 1. The Hall–Kier alpha value is -3.54. The zero-order valence-corrected chi connectivity index (χ0v) is 15.2. The molecule has 1 aliphatic heterocycles. The Kier molecular flexibility index (Phi) is 4.98. The Balaban J connectivity index is 2.12. The molecule has 0 radical (unpaired) electrons. The normalized spacial score (nSPS) is 15.1. The molecule has 3 rings (SSSR count). The number of carbonyl (C=O) groups excluding carboxylic acids is 2. The third-order valence-corrected chi connectivity index (χ3v) is 4.10. The molecule has 0 spiro atoms. The van der Waals surface area contributed by atoms with Crippen LogP contribution in [0.3, 0.4) is 0 Å². The van der Waals surface area contributed by atoms with Crippen molar-refractivity contribution in [3.05, 3.63) is 82.1 Å². The molecular formula is C21H18N2O4. The highest BCUT2D eigenvalue weighted by molar-refractivity contribution is 6.36. The molecule has 1 heterocycles. The number of amides is 1. The number of hydrogen-bond acceptors (Lipinski definition) is 4. The molecule has 6 heteroatoms.